The molecule has 2 heterocycles. The molecule has 2 aliphatic rings. The highest BCUT2D eigenvalue weighted by Gasteiger charge is 2.52. The van der Waals surface area contributed by atoms with Crippen molar-refractivity contribution in [1.82, 2.24) is 0 Å². The Morgan fingerprint density at radius 2 is 1.60 bits per heavy atom. The highest BCUT2D eigenvalue weighted by atomic mass is 19.1. The zero-order valence-corrected chi connectivity index (χ0v) is 18.4. The van der Waals surface area contributed by atoms with E-state index >= 15 is 0 Å². The molecule has 1 fully saturated rings. The second-order valence-electron chi connectivity index (χ2n) is 8.88. The Labute approximate surface area is 177 Å². The first-order valence-corrected chi connectivity index (χ1v) is 10.2. The number of aryl methyl sites for hydroxylation is 1. The van der Waals surface area contributed by atoms with E-state index in [0.29, 0.717) is 12.4 Å². The number of phenolic OH excluding ortho intramolecular Hbond substituents is 1. The SMILES string of the molecule is Cc1c(B2OC(C)(C)C(C)(C)O2)cc(F)c2c1CCCO2.Cc1ccc(F)c(O)c1. The lowest BCUT2D eigenvalue weighted by Crippen LogP contribution is -2.41. The molecule has 0 bridgehead atoms. The molecule has 30 heavy (non-hydrogen) atoms. The summed E-state index contributed by atoms with van der Waals surface area (Å²) < 4.78 is 44.1. The minimum atomic E-state index is -0.569. The largest absolute Gasteiger partial charge is 0.505 e. The molecule has 1 N–H and O–H groups in total. The zero-order chi connectivity index (χ0) is 22.3. The molecule has 0 spiro atoms. The number of aromatic hydroxyl groups is 1. The monoisotopic (exact) mass is 418 g/mol. The average Bonchev–Trinajstić information content (AvgIpc) is 2.89. The van der Waals surface area contributed by atoms with Gasteiger partial charge in [0.25, 0.3) is 0 Å². The van der Waals surface area contributed by atoms with Crippen LogP contribution in [0.3, 0.4) is 0 Å². The van der Waals surface area contributed by atoms with Gasteiger partial charge in [0, 0.05) is 0 Å². The fraction of sp³-hybridized carbons (Fsp3) is 0.478. The van der Waals surface area contributed by atoms with Crippen molar-refractivity contribution in [2.75, 3.05) is 6.61 Å². The summed E-state index contributed by atoms with van der Waals surface area (Å²) in [6.45, 7) is 12.4. The van der Waals surface area contributed by atoms with Crippen LogP contribution in [0.1, 0.15) is 50.8 Å². The molecule has 0 amide bonds. The van der Waals surface area contributed by atoms with E-state index < -0.39 is 24.1 Å². The van der Waals surface area contributed by atoms with Gasteiger partial charge in [-0.2, -0.15) is 0 Å². The number of ether oxygens (including phenoxy) is 1. The van der Waals surface area contributed by atoms with Crippen molar-refractivity contribution >= 4 is 12.6 Å². The number of halogens is 2. The molecule has 7 heteroatoms. The average molecular weight is 418 g/mol. The Kier molecular flexibility index (Phi) is 6.16. The van der Waals surface area contributed by atoms with Crippen LogP contribution in [-0.4, -0.2) is 30.0 Å². The summed E-state index contributed by atoms with van der Waals surface area (Å²) in [7, 11) is -0.531. The first-order valence-electron chi connectivity index (χ1n) is 10.2. The maximum atomic E-state index is 14.3. The number of benzene rings is 2. The summed E-state index contributed by atoms with van der Waals surface area (Å²) >= 11 is 0. The predicted molar refractivity (Wildman–Crippen MR) is 113 cm³/mol. The smallest absolute Gasteiger partial charge is 0.495 e. The molecule has 2 aromatic rings. The fourth-order valence-electron chi connectivity index (χ4n) is 3.52. The number of rotatable bonds is 1. The van der Waals surface area contributed by atoms with E-state index in [4.69, 9.17) is 19.2 Å². The van der Waals surface area contributed by atoms with Crippen LogP contribution in [0.2, 0.25) is 0 Å². The Morgan fingerprint density at radius 3 is 2.17 bits per heavy atom. The van der Waals surface area contributed by atoms with E-state index in [2.05, 4.69) is 0 Å². The summed E-state index contributed by atoms with van der Waals surface area (Å²) in [6.07, 6.45) is 1.76. The second-order valence-corrected chi connectivity index (χ2v) is 8.88. The predicted octanol–water partition coefficient (Wildman–Crippen LogP) is 4.60. The van der Waals surface area contributed by atoms with E-state index in [0.717, 1.165) is 35.0 Å². The Hall–Kier alpha value is -2.12. The lowest BCUT2D eigenvalue weighted by molar-refractivity contribution is 0.00578. The molecule has 162 valence electrons. The van der Waals surface area contributed by atoms with Gasteiger partial charge in [0.05, 0.1) is 17.8 Å². The fourth-order valence-corrected chi connectivity index (χ4v) is 3.52. The van der Waals surface area contributed by atoms with Crippen molar-refractivity contribution in [3.8, 4) is 11.5 Å². The molecular formula is C23H29BF2O4. The molecule has 4 rings (SSSR count). The number of hydrogen-bond acceptors (Lipinski definition) is 4. The summed E-state index contributed by atoms with van der Waals surface area (Å²) in [5.41, 5.74) is 2.75. The van der Waals surface area contributed by atoms with Crippen LogP contribution in [0.5, 0.6) is 11.5 Å². The van der Waals surface area contributed by atoms with Crippen LogP contribution in [0, 0.1) is 25.5 Å². The van der Waals surface area contributed by atoms with Crippen LogP contribution in [-0.2, 0) is 15.7 Å². The number of hydrogen-bond donors (Lipinski definition) is 1. The van der Waals surface area contributed by atoms with Gasteiger partial charge in [-0.25, -0.2) is 8.78 Å². The normalized spacial score (nSPS) is 18.9. The van der Waals surface area contributed by atoms with Gasteiger partial charge in [-0.15, -0.1) is 0 Å². The summed E-state index contributed by atoms with van der Waals surface area (Å²) in [5, 5.41) is 8.73. The van der Waals surface area contributed by atoms with Gasteiger partial charge in [0.2, 0.25) is 0 Å². The summed E-state index contributed by atoms with van der Waals surface area (Å²) in [5.74, 6) is -0.769. The number of fused-ring (bicyclic) bond motifs is 1. The molecule has 0 unspecified atom stereocenters. The topological polar surface area (TPSA) is 47.9 Å². The Bertz CT molecular complexity index is 927. The summed E-state index contributed by atoms with van der Waals surface area (Å²) in [4.78, 5) is 0. The molecule has 1 saturated heterocycles. The van der Waals surface area contributed by atoms with Gasteiger partial charge in [0.15, 0.2) is 23.1 Å². The van der Waals surface area contributed by atoms with Gasteiger partial charge in [-0.05, 0) is 94.7 Å². The molecule has 0 saturated carbocycles. The van der Waals surface area contributed by atoms with Crippen LogP contribution < -0.4 is 10.2 Å². The lowest BCUT2D eigenvalue weighted by atomic mass is 9.74. The third-order valence-corrected chi connectivity index (χ3v) is 6.09. The van der Waals surface area contributed by atoms with Crippen molar-refractivity contribution in [2.24, 2.45) is 0 Å². The highest BCUT2D eigenvalue weighted by Crippen LogP contribution is 2.38. The quantitative estimate of drug-likeness (QED) is 0.688. The Balaban J connectivity index is 0.000000239. The van der Waals surface area contributed by atoms with Gasteiger partial charge in [-0.3, -0.25) is 0 Å². The van der Waals surface area contributed by atoms with Gasteiger partial charge < -0.3 is 19.2 Å². The minimum absolute atomic E-state index is 0.282. The molecule has 0 atom stereocenters. The third-order valence-electron chi connectivity index (χ3n) is 6.09. The molecule has 0 aliphatic carbocycles. The molecule has 2 aliphatic heterocycles. The molecule has 2 aromatic carbocycles. The van der Waals surface area contributed by atoms with Crippen molar-refractivity contribution in [3.63, 3.8) is 0 Å². The van der Waals surface area contributed by atoms with E-state index in [9.17, 15) is 8.78 Å². The van der Waals surface area contributed by atoms with Gasteiger partial charge in [0.1, 0.15) is 0 Å². The standard InChI is InChI=1S/C16H22BFO3.C7H7FO/c1-10-11-7-6-8-19-14(11)13(18)9-12(10)17-20-15(2,3)16(4,5)21-17;1-5-2-3-6(8)7(9)4-5/h9H,6-8H2,1-5H3;2-4,9H,1H3. The van der Waals surface area contributed by atoms with Crippen LogP contribution in [0.15, 0.2) is 24.3 Å². The van der Waals surface area contributed by atoms with Crippen molar-refractivity contribution < 1.29 is 27.9 Å². The summed E-state index contributed by atoms with van der Waals surface area (Å²) in [6, 6.07) is 5.73. The van der Waals surface area contributed by atoms with Gasteiger partial charge in [-0.1, -0.05) is 6.07 Å². The third kappa shape index (κ3) is 4.32. The second kappa shape index (κ2) is 8.19. The van der Waals surface area contributed by atoms with Crippen LogP contribution in [0.25, 0.3) is 0 Å². The van der Waals surface area contributed by atoms with E-state index in [1.165, 1.54) is 18.2 Å². The first kappa shape index (κ1) is 22.6. The molecule has 0 aromatic heterocycles. The van der Waals surface area contributed by atoms with Crippen LogP contribution in [0.4, 0.5) is 8.78 Å². The zero-order valence-electron chi connectivity index (χ0n) is 18.4. The maximum Gasteiger partial charge on any atom is 0.495 e. The van der Waals surface area contributed by atoms with Crippen molar-refractivity contribution in [3.05, 3.63) is 52.6 Å². The van der Waals surface area contributed by atoms with E-state index in [1.807, 2.05) is 34.6 Å². The minimum Gasteiger partial charge on any atom is -0.505 e. The van der Waals surface area contributed by atoms with Crippen LogP contribution >= 0.6 is 0 Å². The Morgan fingerprint density at radius 1 is 0.967 bits per heavy atom. The van der Waals surface area contributed by atoms with Crippen molar-refractivity contribution in [2.45, 2.75) is 65.6 Å². The van der Waals surface area contributed by atoms with Crippen molar-refractivity contribution in [1.29, 1.82) is 0 Å². The van der Waals surface area contributed by atoms with Gasteiger partial charge >= 0.3 is 7.12 Å². The molecule has 0 radical (unpaired) electrons. The van der Waals surface area contributed by atoms with E-state index in [-0.39, 0.29) is 11.6 Å². The lowest BCUT2D eigenvalue weighted by Gasteiger charge is -2.32. The maximum absolute atomic E-state index is 14.3. The molecular weight excluding hydrogens is 389 g/mol. The first-order chi connectivity index (χ1) is 13.9. The highest BCUT2D eigenvalue weighted by molar-refractivity contribution is 6.62. The number of phenols is 1. The van der Waals surface area contributed by atoms with E-state index in [1.54, 1.807) is 13.0 Å². The molecule has 4 nitrogen and oxygen atoms in total.